The van der Waals surface area contributed by atoms with Gasteiger partial charge in [-0.3, -0.25) is 13.9 Å². The highest BCUT2D eigenvalue weighted by atomic mass is 32.2. The van der Waals surface area contributed by atoms with Crippen LogP contribution in [0, 0.1) is 12.7 Å². The van der Waals surface area contributed by atoms with Crippen LogP contribution in [-0.4, -0.2) is 51.4 Å². The number of nitrogens with one attached hydrogen (secondary N) is 1. The van der Waals surface area contributed by atoms with Crippen molar-refractivity contribution in [1.82, 2.24) is 10.2 Å². The number of hydrogen-bond donors (Lipinski definition) is 1. The summed E-state index contributed by atoms with van der Waals surface area (Å²) in [4.78, 5) is 27.9. The number of halogens is 1. The second kappa shape index (κ2) is 13.2. The summed E-state index contributed by atoms with van der Waals surface area (Å²) < 4.78 is 47.3. The van der Waals surface area contributed by atoms with Gasteiger partial charge >= 0.3 is 0 Å². The SMILES string of the molecule is CCCNC(=O)[C@H](C)N(Cc1cccc(OC)c1)C(=O)CN(c1ccc(C)cc1)S(=O)(=O)c1ccc(F)cc1. The third kappa shape index (κ3) is 7.57. The third-order valence-electron chi connectivity index (χ3n) is 6.21. The second-order valence-electron chi connectivity index (χ2n) is 9.14. The van der Waals surface area contributed by atoms with Gasteiger partial charge in [0.15, 0.2) is 0 Å². The topological polar surface area (TPSA) is 96.0 Å². The first kappa shape index (κ1) is 29.6. The number of carbonyl (C=O) groups is 2. The minimum absolute atomic E-state index is 0.0507. The van der Waals surface area contributed by atoms with E-state index in [4.69, 9.17) is 4.74 Å². The van der Waals surface area contributed by atoms with E-state index in [-0.39, 0.29) is 23.0 Å². The first-order chi connectivity index (χ1) is 18.6. The number of hydrogen-bond acceptors (Lipinski definition) is 5. The van der Waals surface area contributed by atoms with E-state index in [1.807, 2.05) is 13.8 Å². The van der Waals surface area contributed by atoms with Gasteiger partial charge in [0.05, 0.1) is 17.7 Å². The molecule has 0 radical (unpaired) electrons. The fraction of sp³-hybridized carbons (Fsp3) is 0.310. The van der Waals surface area contributed by atoms with Gasteiger partial charge in [-0.05, 0) is 74.4 Å². The number of methoxy groups -OCH3 is 1. The van der Waals surface area contributed by atoms with Crippen LogP contribution in [0.1, 0.15) is 31.4 Å². The van der Waals surface area contributed by atoms with Crippen LogP contribution in [0.15, 0.2) is 77.7 Å². The van der Waals surface area contributed by atoms with E-state index in [0.717, 1.165) is 40.6 Å². The lowest BCUT2D eigenvalue weighted by Crippen LogP contribution is -2.51. The zero-order valence-electron chi connectivity index (χ0n) is 22.6. The van der Waals surface area contributed by atoms with Crippen LogP contribution in [0.5, 0.6) is 5.75 Å². The van der Waals surface area contributed by atoms with Gasteiger partial charge in [-0.1, -0.05) is 36.8 Å². The Morgan fingerprint density at radius 1 is 1.03 bits per heavy atom. The predicted molar refractivity (Wildman–Crippen MR) is 148 cm³/mol. The van der Waals surface area contributed by atoms with Crippen molar-refractivity contribution in [3.05, 3.63) is 89.7 Å². The van der Waals surface area contributed by atoms with E-state index in [9.17, 15) is 22.4 Å². The van der Waals surface area contributed by atoms with Crippen molar-refractivity contribution in [1.29, 1.82) is 0 Å². The van der Waals surface area contributed by atoms with Gasteiger partial charge in [0, 0.05) is 13.1 Å². The molecule has 1 atom stereocenters. The first-order valence-corrected chi connectivity index (χ1v) is 14.1. The van der Waals surface area contributed by atoms with Gasteiger partial charge in [-0.25, -0.2) is 12.8 Å². The molecule has 0 aliphatic carbocycles. The lowest BCUT2D eigenvalue weighted by atomic mass is 10.1. The van der Waals surface area contributed by atoms with Crippen molar-refractivity contribution >= 4 is 27.5 Å². The molecule has 0 saturated carbocycles. The Morgan fingerprint density at radius 2 is 1.69 bits per heavy atom. The number of amides is 2. The normalized spacial score (nSPS) is 11.9. The van der Waals surface area contributed by atoms with E-state index < -0.39 is 34.3 Å². The zero-order valence-corrected chi connectivity index (χ0v) is 23.4. The number of anilines is 1. The molecule has 0 aliphatic rings. The summed E-state index contributed by atoms with van der Waals surface area (Å²) in [5.41, 5.74) is 1.88. The summed E-state index contributed by atoms with van der Waals surface area (Å²) in [5.74, 6) is -0.925. The second-order valence-corrected chi connectivity index (χ2v) is 11.0. The number of aryl methyl sites for hydroxylation is 1. The maximum absolute atomic E-state index is 13.9. The van der Waals surface area contributed by atoms with Crippen LogP contribution < -0.4 is 14.4 Å². The van der Waals surface area contributed by atoms with Crippen molar-refractivity contribution in [3.63, 3.8) is 0 Å². The number of sulfonamides is 1. The van der Waals surface area contributed by atoms with Crippen molar-refractivity contribution in [2.75, 3.05) is 24.5 Å². The van der Waals surface area contributed by atoms with Crippen molar-refractivity contribution < 1.29 is 27.1 Å². The quantitative estimate of drug-likeness (QED) is 0.360. The molecular formula is C29H34FN3O5S. The standard InChI is InChI=1S/C29H34FN3O5S/c1-5-17-31-29(35)22(3)32(19-23-7-6-8-26(18-23)38-4)28(34)20-33(25-13-9-21(2)10-14-25)39(36,37)27-15-11-24(30)12-16-27/h6-16,18,22H,5,17,19-20H2,1-4H3,(H,31,35)/t22-/m0/s1. The molecule has 0 saturated heterocycles. The molecule has 3 aromatic rings. The lowest BCUT2D eigenvalue weighted by Gasteiger charge is -2.32. The Balaban J connectivity index is 2.02. The van der Waals surface area contributed by atoms with Gasteiger partial charge < -0.3 is 15.0 Å². The summed E-state index contributed by atoms with van der Waals surface area (Å²) in [5, 5.41) is 2.80. The van der Waals surface area contributed by atoms with Crippen LogP contribution in [0.2, 0.25) is 0 Å². The number of nitrogens with zero attached hydrogens (tertiary/aromatic N) is 2. The van der Waals surface area contributed by atoms with Gasteiger partial charge in [0.25, 0.3) is 10.0 Å². The van der Waals surface area contributed by atoms with Crippen molar-refractivity contribution in [2.24, 2.45) is 0 Å². The average molecular weight is 556 g/mol. The molecule has 0 aromatic heterocycles. The first-order valence-electron chi connectivity index (χ1n) is 12.6. The van der Waals surface area contributed by atoms with Crippen molar-refractivity contribution in [2.45, 2.75) is 44.7 Å². The molecular weight excluding hydrogens is 521 g/mol. The third-order valence-corrected chi connectivity index (χ3v) is 7.99. The van der Waals surface area contributed by atoms with E-state index >= 15 is 0 Å². The summed E-state index contributed by atoms with van der Waals surface area (Å²) in [7, 11) is -2.73. The molecule has 0 spiro atoms. The maximum Gasteiger partial charge on any atom is 0.264 e. The Labute approximate surface area is 229 Å². The van der Waals surface area contributed by atoms with Gasteiger partial charge in [0.1, 0.15) is 24.2 Å². The minimum atomic E-state index is -4.26. The predicted octanol–water partition coefficient (Wildman–Crippen LogP) is 4.28. The number of carbonyl (C=O) groups excluding carboxylic acids is 2. The highest BCUT2D eigenvalue weighted by molar-refractivity contribution is 7.92. The maximum atomic E-state index is 13.9. The largest absolute Gasteiger partial charge is 0.497 e. The highest BCUT2D eigenvalue weighted by Gasteiger charge is 2.32. The van der Waals surface area contributed by atoms with E-state index in [1.54, 1.807) is 55.5 Å². The molecule has 208 valence electrons. The van der Waals surface area contributed by atoms with E-state index in [2.05, 4.69) is 5.32 Å². The van der Waals surface area contributed by atoms with Crippen LogP contribution >= 0.6 is 0 Å². The van der Waals surface area contributed by atoms with E-state index in [0.29, 0.717) is 17.9 Å². The van der Waals surface area contributed by atoms with Gasteiger partial charge in [0.2, 0.25) is 11.8 Å². The molecule has 0 bridgehead atoms. The van der Waals surface area contributed by atoms with Crippen LogP contribution in [0.3, 0.4) is 0 Å². The number of rotatable bonds is 12. The Kier molecular flexibility index (Phi) is 10.1. The van der Waals surface area contributed by atoms with Crippen LogP contribution in [0.25, 0.3) is 0 Å². The molecule has 1 N–H and O–H groups in total. The molecule has 3 aromatic carbocycles. The highest BCUT2D eigenvalue weighted by Crippen LogP contribution is 2.25. The fourth-order valence-corrected chi connectivity index (χ4v) is 5.33. The van der Waals surface area contributed by atoms with Crippen LogP contribution in [0.4, 0.5) is 10.1 Å². The zero-order chi connectivity index (χ0) is 28.6. The molecule has 10 heteroatoms. The molecule has 0 unspecified atom stereocenters. The Morgan fingerprint density at radius 3 is 2.31 bits per heavy atom. The molecule has 0 aliphatic heterocycles. The average Bonchev–Trinajstić information content (AvgIpc) is 2.93. The van der Waals surface area contributed by atoms with Gasteiger partial charge in [-0.15, -0.1) is 0 Å². The smallest absolute Gasteiger partial charge is 0.264 e. The lowest BCUT2D eigenvalue weighted by molar-refractivity contribution is -0.139. The van der Waals surface area contributed by atoms with Gasteiger partial charge in [-0.2, -0.15) is 0 Å². The Bertz CT molecular complexity index is 1380. The summed E-state index contributed by atoms with van der Waals surface area (Å²) in [6, 6.07) is 17.3. The number of benzene rings is 3. The fourth-order valence-electron chi connectivity index (χ4n) is 3.92. The van der Waals surface area contributed by atoms with Crippen LogP contribution in [-0.2, 0) is 26.2 Å². The molecule has 0 heterocycles. The van der Waals surface area contributed by atoms with Crippen molar-refractivity contribution in [3.8, 4) is 5.75 Å². The Hall–Kier alpha value is -3.92. The molecule has 0 fully saturated rings. The van der Waals surface area contributed by atoms with E-state index in [1.165, 1.54) is 12.0 Å². The molecule has 3 rings (SSSR count). The molecule has 2 amide bonds. The number of ether oxygens (including phenoxy) is 1. The monoisotopic (exact) mass is 555 g/mol. The summed E-state index contributed by atoms with van der Waals surface area (Å²) >= 11 is 0. The molecule has 8 nitrogen and oxygen atoms in total. The molecule has 39 heavy (non-hydrogen) atoms. The summed E-state index contributed by atoms with van der Waals surface area (Å²) in [6.07, 6.45) is 0.722. The summed E-state index contributed by atoms with van der Waals surface area (Å²) in [6.45, 7) is 5.31. The minimum Gasteiger partial charge on any atom is -0.497 e.